The number of rotatable bonds is 6. The van der Waals surface area contributed by atoms with Crippen LogP contribution in [0.2, 0.25) is 5.02 Å². The zero-order valence-electron chi connectivity index (χ0n) is 16.5. The highest BCUT2D eigenvalue weighted by atomic mass is 127. The molecule has 0 atom stereocenters. The number of hydrogen-bond donors (Lipinski definition) is 1. The average Bonchev–Trinajstić information content (AvgIpc) is 2.75. The number of nitrogens with one attached hydrogen (secondary N) is 1. The molecule has 7 heteroatoms. The number of nitrogens with zero attached hydrogens (tertiary/aromatic N) is 1. The summed E-state index contributed by atoms with van der Waals surface area (Å²) in [7, 11) is 0. The lowest BCUT2D eigenvalue weighted by Crippen LogP contribution is -2.13. The molecule has 4 nitrogen and oxygen atoms in total. The number of amides is 1. The number of anilines is 1. The first-order chi connectivity index (χ1) is 14.9. The van der Waals surface area contributed by atoms with E-state index in [9.17, 15) is 10.1 Å². The maximum absolute atomic E-state index is 12.7. The lowest BCUT2D eigenvalue weighted by atomic mass is 10.1. The highest BCUT2D eigenvalue weighted by molar-refractivity contribution is 14.1. The highest BCUT2D eigenvalue weighted by Crippen LogP contribution is 2.27. The van der Waals surface area contributed by atoms with Crippen LogP contribution in [0.3, 0.4) is 0 Å². The van der Waals surface area contributed by atoms with Crippen LogP contribution in [0.15, 0.2) is 70.7 Å². The van der Waals surface area contributed by atoms with Gasteiger partial charge in [0.2, 0.25) is 0 Å². The van der Waals surface area contributed by atoms with E-state index < -0.39 is 5.91 Å². The fourth-order valence-electron chi connectivity index (χ4n) is 2.68. The molecule has 0 radical (unpaired) electrons. The second kappa shape index (κ2) is 10.8. The molecule has 1 amide bonds. The number of carbonyl (C=O) groups excluding carboxylic acids is 1. The third-order valence-corrected chi connectivity index (χ3v) is 5.99. The van der Waals surface area contributed by atoms with Crippen molar-refractivity contribution in [2.75, 3.05) is 5.32 Å². The van der Waals surface area contributed by atoms with E-state index in [1.54, 1.807) is 30.3 Å². The normalized spacial score (nSPS) is 11.0. The van der Waals surface area contributed by atoms with Gasteiger partial charge in [0.15, 0.2) is 0 Å². The van der Waals surface area contributed by atoms with Crippen molar-refractivity contribution in [3.63, 3.8) is 0 Å². The molecule has 0 aliphatic heterocycles. The molecule has 1 N–H and O–H groups in total. The van der Waals surface area contributed by atoms with E-state index in [2.05, 4.69) is 43.8 Å². The summed E-state index contributed by atoms with van der Waals surface area (Å²) in [4.78, 5) is 12.7. The van der Waals surface area contributed by atoms with E-state index in [-0.39, 0.29) is 5.57 Å². The van der Waals surface area contributed by atoms with Crippen molar-refractivity contribution < 1.29 is 9.53 Å². The minimum Gasteiger partial charge on any atom is -0.488 e. The van der Waals surface area contributed by atoms with E-state index in [0.29, 0.717) is 28.6 Å². The fourth-order valence-corrected chi connectivity index (χ4v) is 3.60. The number of aryl methyl sites for hydroxylation is 1. The first kappa shape index (κ1) is 23.3. The number of halogens is 3. The summed E-state index contributed by atoms with van der Waals surface area (Å²) >= 11 is 11.8. The second-order valence-electron chi connectivity index (χ2n) is 6.69. The van der Waals surface area contributed by atoms with Crippen LogP contribution in [0, 0.1) is 21.8 Å². The molecule has 0 spiro atoms. The third kappa shape index (κ3) is 6.57. The number of nitriles is 1. The molecule has 0 saturated carbocycles. The summed E-state index contributed by atoms with van der Waals surface area (Å²) in [5, 5.41) is 12.8. The summed E-state index contributed by atoms with van der Waals surface area (Å²) in [5.74, 6) is 0.0478. The summed E-state index contributed by atoms with van der Waals surface area (Å²) in [6.45, 7) is 2.24. The van der Waals surface area contributed by atoms with Crippen molar-refractivity contribution >= 4 is 67.8 Å². The van der Waals surface area contributed by atoms with Gasteiger partial charge in [0.05, 0.1) is 0 Å². The van der Waals surface area contributed by atoms with Crippen molar-refractivity contribution in [2.24, 2.45) is 0 Å². The number of ether oxygens (including phenoxy) is 1. The van der Waals surface area contributed by atoms with Crippen LogP contribution >= 0.6 is 50.1 Å². The molecule has 0 unspecified atom stereocenters. The van der Waals surface area contributed by atoms with Gasteiger partial charge < -0.3 is 10.1 Å². The standard InChI is InChI=1S/C24H17BrClIN2O2/c1-15-2-8-21(12-22(15)26)29-24(30)18(13-28)10-17-11-19(25)5-9-23(17)31-14-16-3-6-20(27)7-4-16/h2-12H,14H2,1H3,(H,29,30)/b18-10-. The van der Waals surface area contributed by atoms with Crippen LogP contribution < -0.4 is 10.1 Å². The van der Waals surface area contributed by atoms with Crippen molar-refractivity contribution in [3.8, 4) is 11.8 Å². The predicted molar refractivity (Wildman–Crippen MR) is 136 cm³/mol. The Labute approximate surface area is 208 Å². The first-order valence-corrected chi connectivity index (χ1v) is 11.5. The van der Waals surface area contributed by atoms with Gasteiger partial charge in [0.25, 0.3) is 5.91 Å². The Hall–Kier alpha value is -2.34. The van der Waals surface area contributed by atoms with E-state index in [1.807, 2.05) is 43.3 Å². The van der Waals surface area contributed by atoms with Gasteiger partial charge in [-0.3, -0.25) is 4.79 Å². The lowest BCUT2D eigenvalue weighted by molar-refractivity contribution is -0.112. The quantitative estimate of drug-likeness (QED) is 0.184. The van der Waals surface area contributed by atoms with Gasteiger partial charge >= 0.3 is 0 Å². The van der Waals surface area contributed by atoms with E-state index in [4.69, 9.17) is 16.3 Å². The topological polar surface area (TPSA) is 62.1 Å². The first-order valence-electron chi connectivity index (χ1n) is 9.22. The SMILES string of the molecule is Cc1ccc(NC(=O)/C(C#N)=C\c2cc(Br)ccc2OCc2ccc(I)cc2)cc1Cl. The Kier molecular flexibility index (Phi) is 8.13. The fraction of sp³-hybridized carbons (Fsp3) is 0.0833. The number of benzene rings is 3. The zero-order chi connectivity index (χ0) is 22.4. The maximum Gasteiger partial charge on any atom is 0.266 e. The number of hydrogen-bond acceptors (Lipinski definition) is 3. The molecule has 0 fully saturated rings. The summed E-state index contributed by atoms with van der Waals surface area (Å²) in [5.41, 5.74) is 3.01. The molecule has 3 aromatic carbocycles. The molecule has 0 aliphatic carbocycles. The predicted octanol–water partition coefficient (Wildman–Crippen LogP) is 7.14. The molecule has 31 heavy (non-hydrogen) atoms. The molecule has 0 aromatic heterocycles. The monoisotopic (exact) mass is 606 g/mol. The van der Waals surface area contributed by atoms with Gasteiger partial charge in [-0.2, -0.15) is 5.26 Å². The van der Waals surface area contributed by atoms with E-state index in [0.717, 1.165) is 19.2 Å². The molecule has 0 bridgehead atoms. The lowest BCUT2D eigenvalue weighted by Gasteiger charge is -2.11. The minimum absolute atomic E-state index is 0.0473. The zero-order valence-corrected chi connectivity index (χ0v) is 21.0. The van der Waals surface area contributed by atoms with Crippen molar-refractivity contribution in [1.82, 2.24) is 0 Å². The van der Waals surface area contributed by atoms with Crippen LogP contribution in [0.1, 0.15) is 16.7 Å². The van der Waals surface area contributed by atoms with Crippen molar-refractivity contribution in [1.29, 1.82) is 5.26 Å². The van der Waals surface area contributed by atoms with Crippen LogP contribution in [0.4, 0.5) is 5.69 Å². The molecule has 3 aromatic rings. The molecular formula is C24H17BrClIN2O2. The molecular weight excluding hydrogens is 591 g/mol. The van der Waals surface area contributed by atoms with Crippen molar-refractivity contribution in [2.45, 2.75) is 13.5 Å². The Balaban J connectivity index is 1.82. The van der Waals surface area contributed by atoms with Crippen molar-refractivity contribution in [3.05, 3.63) is 96.0 Å². The van der Waals surface area contributed by atoms with E-state index in [1.165, 1.54) is 6.08 Å². The largest absolute Gasteiger partial charge is 0.488 e. The Morgan fingerprint density at radius 1 is 1.19 bits per heavy atom. The number of carbonyl (C=O) groups is 1. The average molecular weight is 608 g/mol. The van der Waals surface area contributed by atoms with E-state index >= 15 is 0 Å². The summed E-state index contributed by atoms with van der Waals surface area (Å²) < 4.78 is 7.92. The molecule has 0 aliphatic rings. The van der Waals surface area contributed by atoms with Gasteiger partial charge in [0.1, 0.15) is 24.0 Å². The molecule has 3 rings (SSSR count). The molecule has 0 saturated heterocycles. The van der Waals surface area contributed by atoms with Gasteiger partial charge in [-0.15, -0.1) is 0 Å². The second-order valence-corrected chi connectivity index (χ2v) is 9.25. The van der Waals surface area contributed by atoms with Gasteiger partial charge in [-0.05, 0) is 89.2 Å². The summed E-state index contributed by atoms with van der Waals surface area (Å²) in [6, 6.07) is 20.6. The van der Waals surface area contributed by atoms with Crippen LogP contribution in [-0.4, -0.2) is 5.91 Å². The Bertz CT molecular complexity index is 1190. The summed E-state index contributed by atoms with van der Waals surface area (Å²) in [6.07, 6.45) is 1.51. The highest BCUT2D eigenvalue weighted by Gasteiger charge is 2.13. The smallest absolute Gasteiger partial charge is 0.266 e. The van der Waals surface area contributed by atoms with Gasteiger partial charge in [-0.25, -0.2) is 0 Å². The Morgan fingerprint density at radius 2 is 1.94 bits per heavy atom. The molecule has 0 heterocycles. The van der Waals surface area contributed by atoms with Gasteiger partial charge in [-0.1, -0.05) is 45.7 Å². The maximum atomic E-state index is 12.7. The van der Waals surface area contributed by atoms with Gasteiger partial charge in [0, 0.05) is 24.3 Å². The minimum atomic E-state index is -0.522. The molecule has 156 valence electrons. The Morgan fingerprint density at radius 3 is 2.61 bits per heavy atom. The third-order valence-electron chi connectivity index (χ3n) is 4.37. The van der Waals surface area contributed by atoms with Crippen LogP contribution in [0.25, 0.3) is 6.08 Å². The van der Waals surface area contributed by atoms with Crippen LogP contribution in [-0.2, 0) is 11.4 Å². The van der Waals surface area contributed by atoms with Crippen LogP contribution in [0.5, 0.6) is 5.75 Å².